The number of carboxylic acid groups (broad SMARTS) is 1. The molecule has 1 saturated heterocycles. The summed E-state index contributed by atoms with van der Waals surface area (Å²) in [5.41, 5.74) is 5.33. The highest BCUT2D eigenvalue weighted by Gasteiger charge is 2.13. The molecule has 1 aromatic heterocycles. The highest BCUT2D eigenvalue weighted by atomic mass is 16.5. The van der Waals surface area contributed by atoms with Crippen LogP contribution in [0.15, 0.2) is 6.07 Å². The van der Waals surface area contributed by atoms with Crippen molar-refractivity contribution in [3.63, 3.8) is 0 Å². The van der Waals surface area contributed by atoms with Gasteiger partial charge >= 0.3 is 0 Å². The van der Waals surface area contributed by atoms with E-state index in [-0.39, 0.29) is 11.4 Å². The second-order valence-electron chi connectivity index (χ2n) is 4.24. The number of aliphatic carboxylic acids is 1. The SMILES string of the molecule is CC(=O)O.N=c1nc(N2CCCCC2)cc(N)n1O. The van der Waals surface area contributed by atoms with Crippen molar-refractivity contribution in [1.29, 1.82) is 5.41 Å². The molecule has 2 heterocycles. The van der Waals surface area contributed by atoms with E-state index in [2.05, 4.69) is 9.88 Å². The standard InChI is InChI=1S/C9H15N5O.C2H4O2/c10-7-6-8(12-9(11)14(7)15)13-4-2-1-3-5-13;1-2(3)4/h6,11,15H,1-5,10H2;1H3,(H,3,4). The molecule has 1 fully saturated rings. The number of nitrogens with one attached hydrogen (secondary N) is 1. The van der Waals surface area contributed by atoms with Gasteiger partial charge in [0.1, 0.15) is 11.6 Å². The van der Waals surface area contributed by atoms with Gasteiger partial charge < -0.3 is 20.9 Å². The lowest BCUT2D eigenvalue weighted by Crippen LogP contribution is -2.33. The fourth-order valence-electron chi connectivity index (χ4n) is 1.79. The predicted octanol–water partition coefficient (Wildman–Crippen LogP) is 0.263. The quantitative estimate of drug-likeness (QED) is 0.541. The second kappa shape index (κ2) is 6.62. The Kier molecular flexibility index (Phi) is 5.16. The predicted molar refractivity (Wildman–Crippen MR) is 69.1 cm³/mol. The molecule has 0 saturated carbocycles. The molecule has 5 N–H and O–H groups in total. The van der Waals surface area contributed by atoms with Gasteiger partial charge in [-0.1, -0.05) is 0 Å². The summed E-state index contributed by atoms with van der Waals surface area (Å²) >= 11 is 0. The Labute approximate surface area is 110 Å². The second-order valence-corrected chi connectivity index (χ2v) is 4.24. The van der Waals surface area contributed by atoms with E-state index in [9.17, 15) is 5.21 Å². The van der Waals surface area contributed by atoms with E-state index in [0.717, 1.165) is 32.9 Å². The minimum absolute atomic E-state index is 0.149. The average Bonchev–Trinajstić information content (AvgIpc) is 2.36. The molecule has 0 spiro atoms. The van der Waals surface area contributed by atoms with Gasteiger partial charge in [-0.15, -0.1) is 4.73 Å². The molecule has 106 valence electrons. The summed E-state index contributed by atoms with van der Waals surface area (Å²) in [6, 6.07) is 1.60. The minimum Gasteiger partial charge on any atom is -0.481 e. The first-order valence-electron chi connectivity index (χ1n) is 5.99. The molecule has 0 radical (unpaired) electrons. The summed E-state index contributed by atoms with van der Waals surface area (Å²) < 4.78 is 0.577. The number of rotatable bonds is 1. The van der Waals surface area contributed by atoms with Gasteiger partial charge in [-0.3, -0.25) is 10.2 Å². The summed E-state index contributed by atoms with van der Waals surface area (Å²) in [6.45, 7) is 2.97. The summed E-state index contributed by atoms with van der Waals surface area (Å²) in [5.74, 6) is -0.00178. The van der Waals surface area contributed by atoms with Crippen molar-refractivity contribution >= 4 is 17.6 Å². The van der Waals surface area contributed by atoms with Crippen molar-refractivity contribution in [2.24, 2.45) is 0 Å². The first kappa shape index (κ1) is 14.8. The zero-order valence-electron chi connectivity index (χ0n) is 10.8. The van der Waals surface area contributed by atoms with Crippen LogP contribution in [0.1, 0.15) is 26.2 Å². The molecule has 0 amide bonds. The lowest BCUT2D eigenvalue weighted by Gasteiger charge is -2.27. The van der Waals surface area contributed by atoms with Crippen LogP contribution in [0.3, 0.4) is 0 Å². The number of anilines is 2. The van der Waals surface area contributed by atoms with Gasteiger partial charge in [-0.25, -0.2) is 0 Å². The largest absolute Gasteiger partial charge is 0.481 e. The van der Waals surface area contributed by atoms with Crippen molar-refractivity contribution in [3.05, 3.63) is 11.7 Å². The van der Waals surface area contributed by atoms with Gasteiger partial charge in [-0.05, 0) is 19.3 Å². The molecule has 0 aromatic carbocycles. The Hall–Kier alpha value is -2.25. The number of hydrogen-bond donors (Lipinski definition) is 4. The number of hydrogen-bond acceptors (Lipinski definition) is 6. The number of nitrogens with two attached hydrogens (primary N) is 1. The fourth-order valence-corrected chi connectivity index (χ4v) is 1.79. The van der Waals surface area contributed by atoms with Gasteiger partial charge in [0.15, 0.2) is 0 Å². The number of piperidine rings is 1. The molecule has 1 aromatic rings. The summed E-state index contributed by atoms with van der Waals surface area (Å²) in [7, 11) is 0. The molecular formula is C11H19N5O3. The first-order chi connectivity index (χ1) is 8.91. The van der Waals surface area contributed by atoms with Gasteiger partial charge in [0.05, 0.1) is 0 Å². The van der Waals surface area contributed by atoms with Crippen LogP contribution < -0.4 is 16.3 Å². The fraction of sp³-hybridized carbons (Fsp3) is 0.545. The summed E-state index contributed by atoms with van der Waals surface area (Å²) in [5, 5.41) is 24.1. The average molecular weight is 269 g/mol. The highest BCUT2D eigenvalue weighted by Crippen LogP contribution is 2.17. The van der Waals surface area contributed by atoms with Crippen molar-refractivity contribution < 1.29 is 15.1 Å². The van der Waals surface area contributed by atoms with E-state index in [4.69, 9.17) is 21.0 Å². The third kappa shape index (κ3) is 4.49. The van der Waals surface area contributed by atoms with E-state index in [1.165, 1.54) is 6.42 Å². The Bertz CT molecular complexity index is 490. The summed E-state index contributed by atoms with van der Waals surface area (Å²) in [4.78, 5) is 15.1. The molecule has 8 heteroatoms. The molecule has 1 aliphatic rings. The van der Waals surface area contributed by atoms with Gasteiger partial charge in [0, 0.05) is 26.1 Å². The number of carboxylic acids is 1. The number of aromatic nitrogens is 2. The Balaban J connectivity index is 0.000000399. The Morgan fingerprint density at radius 2 is 1.95 bits per heavy atom. The molecule has 0 aliphatic carbocycles. The number of nitrogen functional groups attached to an aromatic ring is 1. The van der Waals surface area contributed by atoms with Crippen LogP contribution >= 0.6 is 0 Å². The Morgan fingerprint density at radius 3 is 2.42 bits per heavy atom. The monoisotopic (exact) mass is 269 g/mol. The number of carbonyl (C=O) groups is 1. The van der Waals surface area contributed by atoms with Gasteiger partial charge in [-0.2, -0.15) is 4.98 Å². The number of nitrogens with zero attached hydrogens (tertiary/aromatic N) is 3. The zero-order chi connectivity index (χ0) is 14.4. The van der Waals surface area contributed by atoms with Gasteiger partial charge in [0.25, 0.3) is 11.6 Å². The zero-order valence-corrected chi connectivity index (χ0v) is 10.8. The van der Waals surface area contributed by atoms with E-state index < -0.39 is 5.97 Å². The molecule has 0 atom stereocenters. The van der Waals surface area contributed by atoms with E-state index >= 15 is 0 Å². The maximum absolute atomic E-state index is 9.25. The molecule has 0 unspecified atom stereocenters. The maximum atomic E-state index is 9.25. The van der Waals surface area contributed by atoms with Crippen LogP contribution in [0.2, 0.25) is 0 Å². The Morgan fingerprint density at radius 1 is 1.42 bits per heavy atom. The minimum atomic E-state index is -0.833. The first-order valence-corrected chi connectivity index (χ1v) is 5.99. The normalized spacial score (nSPS) is 14.5. The van der Waals surface area contributed by atoms with Crippen LogP contribution in [0, 0.1) is 5.41 Å². The van der Waals surface area contributed by atoms with Crippen molar-refractivity contribution in [2.45, 2.75) is 26.2 Å². The van der Waals surface area contributed by atoms with Crippen LogP contribution in [0.4, 0.5) is 11.6 Å². The van der Waals surface area contributed by atoms with Crippen molar-refractivity contribution in [1.82, 2.24) is 9.71 Å². The van der Waals surface area contributed by atoms with Crippen LogP contribution in [-0.2, 0) is 4.79 Å². The summed E-state index contributed by atoms with van der Waals surface area (Å²) in [6.07, 6.45) is 3.53. The maximum Gasteiger partial charge on any atom is 0.300 e. The third-order valence-electron chi connectivity index (χ3n) is 2.62. The third-order valence-corrected chi connectivity index (χ3v) is 2.62. The van der Waals surface area contributed by atoms with E-state index in [1.54, 1.807) is 6.07 Å². The lowest BCUT2D eigenvalue weighted by atomic mass is 10.1. The molecular weight excluding hydrogens is 250 g/mol. The van der Waals surface area contributed by atoms with E-state index in [0.29, 0.717) is 10.5 Å². The highest BCUT2D eigenvalue weighted by molar-refractivity contribution is 5.62. The lowest BCUT2D eigenvalue weighted by molar-refractivity contribution is -0.134. The molecule has 2 rings (SSSR count). The molecule has 0 bridgehead atoms. The van der Waals surface area contributed by atoms with Crippen LogP contribution in [0.25, 0.3) is 0 Å². The van der Waals surface area contributed by atoms with E-state index in [1.807, 2.05) is 0 Å². The van der Waals surface area contributed by atoms with Crippen molar-refractivity contribution in [3.8, 4) is 0 Å². The smallest absolute Gasteiger partial charge is 0.300 e. The molecule has 19 heavy (non-hydrogen) atoms. The van der Waals surface area contributed by atoms with Crippen LogP contribution in [0.5, 0.6) is 0 Å². The van der Waals surface area contributed by atoms with Crippen molar-refractivity contribution in [2.75, 3.05) is 23.7 Å². The van der Waals surface area contributed by atoms with Crippen LogP contribution in [-0.4, -0.2) is 39.1 Å². The topological polar surface area (TPSA) is 128 Å². The van der Waals surface area contributed by atoms with Gasteiger partial charge in [0.2, 0.25) is 0 Å². The molecule has 8 nitrogen and oxygen atoms in total. The molecule has 1 aliphatic heterocycles.